The first-order chi connectivity index (χ1) is 14.9. The Morgan fingerprint density at radius 2 is 1.61 bits per heavy atom. The van der Waals surface area contributed by atoms with E-state index in [2.05, 4.69) is 33.4 Å². The zero-order valence-corrected chi connectivity index (χ0v) is 19.6. The van der Waals surface area contributed by atoms with Crippen molar-refractivity contribution in [3.63, 3.8) is 0 Å². The third kappa shape index (κ3) is 6.42. The molecule has 1 amide bonds. The highest BCUT2D eigenvalue weighted by Gasteiger charge is 2.27. The Morgan fingerprint density at radius 1 is 0.968 bits per heavy atom. The minimum Gasteiger partial charge on any atom is -0.352 e. The zero-order valence-electron chi connectivity index (χ0n) is 17.2. The number of nitrogens with zero attached hydrogens (tertiary/aromatic N) is 1. The van der Waals surface area contributed by atoms with E-state index in [0.717, 1.165) is 21.6 Å². The number of carbonyl (C=O) groups is 1. The number of benzene rings is 3. The average Bonchev–Trinajstić information content (AvgIpc) is 2.77. The summed E-state index contributed by atoms with van der Waals surface area (Å²) in [5, 5.41) is 2.93. The van der Waals surface area contributed by atoms with Crippen molar-refractivity contribution in [2.45, 2.75) is 30.7 Å². The van der Waals surface area contributed by atoms with Crippen LogP contribution < -0.4 is 9.62 Å². The number of anilines is 1. The van der Waals surface area contributed by atoms with Gasteiger partial charge < -0.3 is 5.32 Å². The van der Waals surface area contributed by atoms with Crippen LogP contribution in [0.4, 0.5) is 5.69 Å². The molecule has 0 bridgehead atoms. The Hall–Kier alpha value is -2.64. The van der Waals surface area contributed by atoms with Crippen molar-refractivity contribution in [1.82, 2.24) is 5.32 Å². The highest BCUT2D eigenvalue weighted by atomic mass is 79.9. The third-order valence-electron chi connectivity index (χ3n) is 4.83. The van der Waals surface area contributed by atoms with Gasteiger partial charge in [0.05, 0.1) is 10.6 Å². The lowest BCUT2D eigenvalue weighted by Gasteiger charge is -2.25. The summed E-state index contributed by atoms with van der Waals surface area (Å²) in [6.07, 6.45) is 1.60. The predicted molar refractivity (Wildman–Crippen MR) is 127 cm³/mol. The Balaban J connectivity index is 1.74. The second-order valence-corrected chi connectivity index (χ2v) is 10.1. The second kappa shape index (κ2) is 10.6. The van der Waals surface area contributed by atoms with Crippen LogP contribution in [0.15, 0.2) is 94.3 Å². The molecule has 31 heavy (non-hydrogen) atoms. The van der Waals surface area contributed by atoms with Crippen molar-refractivity contribution in [3.05, 3.63) is 95.0 Å². The molecule has 0 aliphatic heterocycles. The van der Waals surface area contributed by atoms with E-state index in [1.807, 2.05) is 31.2 Å². The molecule has 7 heteroatoms. The molecule has 0 aromatic heterocycles. The average molecular weight is 501 g/mol. The van der Waals surface area contributed by atoms with Crippen LogP contribution >= 0.6 is 15.9 Å². The largest absolute Gasteiger partial charge is 0.352 e. The van der Waals surface area contributed by atoms with Crippen molar-refractivity contribution in [3.8, 4) is 0 Å². The number of carbonyl (C=O) groups excluding carboxylic acids is 1. The fourth-order valence-electron chi connectivity index (χ4n) is 3.22. The fourth-order valence-corrected chi connectivity index (χ4v) is 5.04. The molecule has 5 nitrogen and oxygen atoms in total. The number of halogens is 1. The molecule has 0 aliphatic carbocycles. The number of rotatable bonds is 9. The molecule has 162 valence electrons. The van der Waals surface area contributed by atoms with Crippen LogP contribution in [0.25, 0.3) is 0 Å². The van der Waals surface area contributed by atoms with Crippen LogP contribution in [0.1, 0.15) is 18.9 Å². The van der Waals surface area contributed by atoms with Gasteiger partial charge in [-0.1, -0.05) is 70.5 Å². The number of aryl methyl sites for hydroxylation is 1. The molecule has 0 saturated carbocycles. The minimum absolute atomic E-state index is 0.0866. The van der Waals surface area contributed by atoms with E-state index >= 15 is 0 Å². The summed E-state index contributed by atoms with van der Waals surface area (Å²) in [5.41, 5.74) is 1.62. The Morgan fingerprint density at radius 3 is 2.26 bits per heavy atom. The quantitative estimate of drug-likeness (QED) is 0.459. The summed E-state index contributed by atoms with van der Waals surface area (Å²) >= 11 is 3.38. The van der Waals surface area contributed by atoms with E-state index in [1.165, 1.54) is 17.7 Å². The number of hydrogen-bond acceptors (Lipinski definition) is 3. The van der Waals surface area contributed by atoms with E-state index in [0.29, 0.717) is 5.69 Å². The van der Waals surface area contributed by atoms with Crippen LogP contribution in [-0.4, -0.2) is 26.9 Å². The van der Waals surface area contributed by atoms with E-state index in [9.17, 15) is 13.2 Å². The molecule has 0 spiro atoms. The highest BCUT2D eigenvalue weighted by Crippen LogP contribution is 2.26. The van der Waals surface area contributed by atoms with Gasteiger partial charge in [-0.15, -0.1) is 0 Å². The maximum atomic E-state index is 13.3. The van der Waals surface area contributed by atoms with Gasteiger partial charge in [0.1, 0.15) is 6.54 Å². The Labute approximate surface area is 192 Å². The van der Waals surface area contributed by atoms with Gasteiger partial charge in [-0.2, -0.15) is 0 Å². The lowest BCUT2D eigenvalue weighted by atomic mass is 10.1. The predicted octanol–water partition coefficient (Wildman–Crippen LogP) is 4.78. The lowest BCUT2D eigenvalue weighted by molar-refractivity contribution is -0.120. The Bertz CT molecular complexity index is 1110. The smallest absolute Gasteiger partial charge is 0.264 e. The molecule has 0 unspecified atom stereocenters. The van der Waals surface area contributed by atoms with E-state index in [-0.39, 0.29) is 23.4 Å². The van der Waals surface area contributed by atoms with Gasteiger partial charge in [-0.05, 0) is 55.7 Å². The van der Waals surface area contributed by atoms with Crippen LogP contribution in [-0.2, 0) is 21.2 Å². The van der Waals surface area contributed by atoms with Crippen LogP contribution in [0.3, 0.4) is 0 Å². The zero-order chi connectivity index (χ0) is 22.3. The molecule has 0 fully saturated rings. The van der Waals surface area contributed by atoms with Crippen molar-refractivity contribution in [1.29, 1.82) is 0 Å². The normalized spacial score (nSPS) is 12.2. The first-order valence-electron chi connectivity index (χ1n) is 10.0. The summed E-state index contributed by atoms with van der Waals surface area (Å²) in [7, 11) is -3.91. The molecule has 1 N–H and O–H groups in total. The van der Waals surface area contributed by atoms with Gasteiger partial charge >= 0.3 is 0 Å². The van der Waals surface area contributed by atoms with Crippen LogP contribution in [0.2, 0.25) is 0 Å². The van der Waals surface area contributed by atoms with Crippen molar-refractivity contribution in [2.75, 3.05) is 10.8 Å². The topological polar surface area (TPSA) is 66.5 Å². The standard InChI is InChI=1S/C24H25BrN2O3S/c1-19(15-16-20-9-4-2-5-10-20)26-24(28)18-27(22-12-8-11-21(25)17-22)31(29,30)23-13-6-3-7-14-23/h2-14,17,19H,15-16,18H2,1H3,(H,26,28)/t19-/m1/s1. The van der Waals surface area contributed by atoms with Crippen LogP contribution in [0.5, 0.6) is 0 Å². The third-order valence-corrected chi connectivity index (χ3v) is 7.11. The van der Waals surface area contributed by atoms with Crippen molar-refractivity contribution < 1.29 is 13.2 Å². The number of hydrogen-bond donors (Lipinski definition) is 1. The molecule has 1 atom stereocenters. The summed E-state index contributed by atoms with van der Waals surface area (Å²) < 4.78 is 28.5. The lowest BCUT2D eigenvalue weighted by Crippen LogP contribution is -2.43. The molecule has 3 aromatic rings. The van der Waals surface area contributed by atoms with Gasteiger partial charge in [0.2, 0.25) is 5.91 Å². The highest BCUT2D eigenvalue weighted by molar-refractivity contribution is 9.10. The van der Waals surface area contributed by atoms with Gasteiger partial charge in [0.25, 0.3) is 10.0 Å². The summed E-state index contributed by atoms with van der Waals surface area (Å²) in [5.74, 6) is -0.347. The monoisotopic (exact) mass is 500 g/mol. The maximum absolute atomic E-state index is 13.3. The number of nitrogens with one attached hydrogen (secondary N) is 1. The molecule has 3 rings (SSSR count). The maximum Gasteiger partial charge on any atom is 0.264 e. The number of amides is 1. The number of sulfonamides is 1. The molecule has 0 aliphatic rings. The van der Waals surface area contributed by atoms with Crippen LogP contribution in [0, 0.1) is 0 Å². The van der Waals surface area contributed by atoms with Gasteiger partial charge in [0, 0.05) is 10.5 Å². The SMILES string of the molecule is C[C@H](CCc1ccccc1)NC(=O)CN(c1cccc(Br)c1)S(=O)(=O)c1ccccc1. The van der Waals surface area contributed by atoms with Crippen molar-refractivity contribution >= 4 is 37.5 Å². The summed E-state index contributed by atoms with van der Waals surface area (Å²) in [4.78, 5) is 12.9. The minimum atomic E-state index is -3.91. The van der Waals surface area contributed by atoms with Crippen molar-refractivity contribution in [2.24, 2.45) is 0 Å². The van der Waals surface area contributed by atoms with E-state index in [1.54, 1.807) is 36.4 Å². The first-order valence-corrected chi connectivity index (χ1v) is 12.3. The summed E-state index contributed by atoms with van der Waals surface area (Å²) in [6.45, 7) is 1.62. The molecule has 3 aromatic carbocycles. The van der Waals surface area contributed by atoms with E-state index < -0.39 is 10.0 Å². The van der Waals surface area contributed by atoms with E-state index in [4.69, 9.17) is 0 Å². The van der Waals surface area contributed by atoms with Gasteiger partial charge in [-0.3, -0.25) is 9.10 Å². The molecule has 0 saturated heterocycles. The molecular weight excluding hydrogens is 476 g/mol. The Kier molecular flexibility index (Phi) is 7.87. The summed E-state index contributed by atoms with van der Waals surface area (Å²) in [6, 6.07) is 25.0. The van der Waals surface area contributed by atoms with Gasteiger partial charge in [-0.25, -0.2) is 8.42 Å². The fraction of sp³-hybridized carbons (Fsp3) is 0.208. The molecule has 0 radical (unpaired) electrons. The second-order valence-electron chi connectivity index (χ2n) is 7.30. The van der Waals surface area contributed by atoms with Gasteiger partial charge in [0.15, 0.2) is 0 Å². The molecule has 0 heterocycles. The molecular formula is C24H25BrN2O3S. The first kappa shape index (κ1) is 23.0.